The number of halogens is 9. The SMILES string of the molecule is CC1(C)CC(OCCCCOC(C(F)(F)F)(C(F)(F)F)C(F)(F)F)CC(C)(C)N1O. The zero-order valence-corrected chi connectivity index (χ0v) is 16.9. The van der Waals surface area contributed by atoms with Gasteiger partial charge in [-0.3, -0.25) is 0 Å². The van der Waals surface area contributed by atoms with Crippen molar-refractivity contribution >= 4 is 0 Å². The van der Waals surface area contributed by atoms with E-state index in [1.807, 2.05) is 0 Å². The number of piperidine rings is 1. The number of rotatable bonds is 7. The Morgan fingerprint density at radius 2 is 1.13 bits per heavy atom. The average molecular weight is 463 g/mol. The molecule has 1 fully saturated rings. The molecule has 0 spiro atoms. The van der Waals surface area contributed by atoms with Gasteiger partial charge in [-0.15, -0.1) is 0 Å². The quantitative estimate of drug-likeness (QED) is 0.392. The third kappa shape index (κ3) is 5.52. The second kappa shape index (κ2) is 8.62. The Bertz CT molecular complexity index is 516. The Morgan fingerprint density at radius 1 is 0.767 bits per heavy atom. The van der Waals surface area contributed by atoms with Gasteiger partial charge in [0.1, 0.15) is 0 Å². The summed E-state index contributed by atoms with van der Waals surface area (Å²) in [5.41, 5.74) is -7.52. The molecular weight excluding hydrogens is 437 g/mol. The Hall–Kier alpha value is -0.790. The molecule has 0 aromatic heterocycles. The number of alkyl halides is 9. The molecule has 0 radical (unpaired) electrons. The number of hydrogen-bond donors (Lipinski definition) is 1. The normalized spacial score (nSPS) is 21.8. The molecule has 1 aliphatic heterocycles. The predicted molar refractivity (Wildman–Crippen MR) is 86.8 cm³/mol. The highest BCUT2D eigenvalue weighted by Crippen LogP contribution is 2.54. The lowest BCUT2D eigenvalue weighted by Gasteiger charge is -2.51. The fourth-order valence-corrected chi connectivity index (χ4v) is 3.70. The zero-order chi connectivity index (χ0) is 23.8. The molecule has 0 amide bonds. The molecule has 0 aromatic carbocycles. The molecule has 1 N–H and O–H groups in total. The largest absolute Gasteiger partial charge is 0.435 e. The second-order valence-electron chi connectivity index (χ2n) is 8.57. The third-order valence-corrected chi connectivity index (χ3v) is 5.01. The predicted octanol–water partition coefficient (Wildman–Crippen LogP) is 5.64. The van der Waals surface area contributed by atoms with Crippen molar-refractivity contribution in [2.24, 2.45) is 0 Å². The smallest absolute Gasteiger partial charge is 0.378 e. The van der Waals surface area contributed by atoms with Crippen molar-refractivity contribution < 1.29 is 54.2 Å². The molecule has 4 nitrogen and oxygen atoms in total. The summed E-state index contributed by atoms with van der Waals surface area (Å²) in [7, 11) is 0. The molecule has 0 atom stereocenters. The average Bonchev–Trinajstić information content (AvgIpc) is 2.47. The van der Waals surface area contributed by atoms with Crippen molar-refractivity contribution in [1.82, 2.24) is 5.06 Å². The number of hydroxylamine groups is 2. The Kier molecular flexibility index (Phi) is 7.83. The lowest BCUT2D eigenvalue weighted by atomic mass is 9.80. The van der Waals surface area contributed by atoms with E-state index >= 15 is 0 Å². The number of nitrogens with zero attached hydrogens (tertiary/aromatic N) is 1. The maximum atomic E-state index is 12.7. The second-order valence-corrected chi connectivity index (χ2v) is 8.57. The molecule has 13 heteroatoms. The minimum Gasteiger partial charge on any atom is -0.378 e. The van der Waals surface area contributed by atoms with Gasteiger partial charge in [0.2, 0.25) is 0 Å². The first-order valence-corrected chi connectivity index (χ1v) is 9.14. The fraction of sp³-hybridized carbons (Fsp3) is 1.00. The number of ether oxygens (including phenoxy) is 2. The topological polar surface area (TPSA) is 41.9 Å². The Morgan fingerprint density at radius 3 is 1.50 bits per heavy atom. The summed E-state index contributed by atoms with van der Waals surface area (Å²) >= 11 is 0. The molecule has 1 saturated heterocycles. The van der Waals surface area contributed by atoms with Crippen LogP contribution in [0.5, 0.6) is 0 Å². The number of unbranched alkanes of at least 4 members (excludes halogenated alkanes) is 1. The number of hydrogen-bond acceptors (Lipinski definition) is 4. The highest BCUT2D eigenvalue weighted by Gasteiger charge is 2.85. The summed E-state index contributed by atoms with van der Waals surface area (Å²) in [6.45, 7) is 5.56. The molecule has 1 heterocycles. The lowest BCUT2D eigenvalue weighted by Crippen LogP contribution is -2.67. The minimum absolute atomic E-state index is 0.0946. The lowest BCUT2D eigenvalue weighted by molar-refractivity contribution is -0.457. The van der Waals surface area contributed by atoms with Crippen molar-refractivity contribution in [3.63, 3.8) is 0 Å². The van der Waals surface area contributed by atoms with Gasteiger partial charge in [0.05, 0.1) is 6.10 Å². The molecule has 0 bridgehead atoms. The zero-order valence-electron chi connectivity index (χ0n) is 16.9. The van der Waals surface area contributed by atoms with Gasteiger partial charge in [-0.2, -0.15) is 44.6 Å². The Labute approximate surface area is 168 Å². The monoisotopic (exact) mass is 463 g/mol. The molecular formula is C17H26F9NO3. The van der Waals surface area contributed by atoms with Crippen LogP contribution in [0, 0.1) is 0 Å². The van der Waals surface area contributed by atoms with Gasteiger partial charge < -0.3 is 14.7 Å². The van der Waals surface area contributed by atoms with E-state index in [9.17, 15) is 44.7 Å². The van der Waals surface area contributed by atoms with Gasteiger partial charge in [0, 0.05) is 24.3 Å². The molecule has 0 aliphatic carbocycles. The van der Waals surface area contributed by atoms with Crippen LogP contribution in [0.1, 0.15) is 53.4 Å². The maximum absolute atomic E-state index is 12.7. The van der Waals surface area contributed by atoms with Crippen LogP contribution < -0.4 is 0 Å². The summed E-state index contributed by atoms with van der Waals surface area (Å²) in [6, 6.07) is 0. The van der Waals surface area contributed by atoms with Crippen LogP contribution >= 0.6 is 0 Å². The standard InChI is InChI=1S/C17H26F9NO3/c1-12(2)9-11(10-13(3,4)27(12)28)29-7-5-6-8-30-14(15(18,19)20,16(21,22)23)17(24,25)26/h11,28H,5-10H2,1-4H3. The summed E-state index contributed by atoms with van der Waals surface area (Å²) in [5.74, 6) is 0. The first kappa shape index (κ1) is 27.2. The van der Waals surface area contributed by atoms with Gasteiger partial charge in [0.25, 0.3) is 0 Å². The van der Waals surface area contributed by atoms with E-state index in [0.29, 0.717) is 12.8 Å². The third-order valence-electron chi connectivity index (χ3n) is 5.01. The van der Waals surface area contributed by atoms with Crippen molar-refractivity contribution in [2.75, 3.05) is 13.2 Å². The van der Waals surface area contributed by atoms with E-state index in [-0.39, 0.29) is 19.1 Å². The fourth-order valence-electron chi connectivity index (χ4n) is 3.70. The van der Waals surface area contributed by atoms with Crippen molar-refractivity contribution in [1.29, 1.82) is 0 Å². The first-order valence-electron chi connectivity index (χ1n) is 9.14. The van der Waals surface area contributed by atoms with Crippen LogP contribution in [-0.2, 0) is 9.47 Å². The van der Waals surface area contributed by atoms with Crippen molar-refractivity contribution in [3.8, 4) is 0 Å². The van der Waals surface area contributed by atoms with Gasteiger partial charge >= 0.3 is 24.1 Å². The summed E-state index contributed by atoms with van der Waals surface area (Å²) < 4.78 is 124. The summed E-state index contributed by atoms with van der Waals surface area (Å²) in [6.07, 6.45) is -20.3. The highest BCUT2D eigenvalue weighted by molar-refractivity contribution is 5.02. The highest BCUT2D eigenvalue weighted by atomic mass is 19.4. The van der Waals surface area contributed by atoms with Crippen LogP contribution in [0.15, 0.2) is 0 Å². The van der Waals surface area contributed by atoms with E-state index in [1.54, 1.807) is 27.7 Å². The summed E-state index contributed by atoms with van der Waals surface area (Å²) in [5, 5.41) is 11.4. The minimum atomic E-state index is -6.73. The van der Waals surface area contributed by atoms with Crippen molar-refractivity contribution in [2.45, 2.75) is 94.7 Å². The van der Waals surface area contributed by atoms with E-state index in [1.165, 1.54) is 5.06 Å². The molecule has 0 aromatic rings. The first-order chi connectivity index (χ1) is 13.2. The van der Waals surface area contributed by atoms with E-state index in [4.69, 9.17) is 4.74 Å². The maximum Gasteiger partial charge on any atom is 0.435 e. The van der Waals surface area contributed by atoms with Crippen LogP contribution in [0.4, 0.5) is 39.5 Å². The van der Waals surface area contributed by atoms with Gasteiger partial charge in [-0.1, -0.05) is 0 Å². The van der Waals surface area contributed by atoms with Gasteiger partial charge in [-0.05, 0) is 53.4 Å². The molecule has 180 valence electrons. The van der Waals surface area contributed by atoms with E-state index in [0.717, 1.165) is 0 Å². The van der Waals surface area contributed by atoms with Crippen LogP contribution in [-0.4, -0.2) is 64.8 Å². The van der Waals surface area contributed by atoms with Crippen LogP contribution in [0.3, 0.4) is 0 Å². The Balaban J connectivity index is 2.64. The van der Waals surface area contributed by atoms with Crippen molar-refractivity contribution in [3.05, 3.63) is 0 Å². The van der Waals surface area contributed by atoms with Gasteiger partial charge in [0.15, 0.2) is 0 Å². The van der Waals surface area contributed by atoms with Crippen LogP contribution in [0.2, 0.25) is 0 Å². The molecule has 0 saturated carbocycles. The van der Waals surface area contributed by atoms with E-state index in [2.05, 4.69) is 4.74 Å². The molecule has 30 heavy (non-hydrogen) atoms. The van der Waals surface area contributed by atoms with Crippen LogP contribution in [0.25, 0.3) is 0 Å². The molecule has 1 rings (SSSR count). The molecule has 1 aliphatic rings. The molecule has 0 unspecified atom stereocenters. The van der Waals surface area contributed by atoms with Gasteiger partial charge in [-0.25, -0.2) is 0 Å². The summed E-state index contributed by atoms with van der Waals surface area (Å²) in [4.78, 5) is 0. The van der Waals surface area contributed by atoms with E-state index < -0.39 is 48.2 Å².